The van der Waals surface area contributed by atoms with Gasteiger partial charge in [0.25, 0.3) is 11.5 Å². The molecule has 1 fully saturated rings. The van der Waals surface area contributed by atoms with Crippen LogP contribution in [-0.4, -0.2) is 59.7 Å². The highest BCUT2D eigenvalue weighted by molar-refractivity contribution is 5.92. The second-order valence-electron chi connectivity index (χ2n) is 3.93. The summed E-state index contributed by atoms with van der Waals surface area (Å²) in [5.41, 5.74) is -0.268. The van der Waals surface area contributed by atoms with E-state index >= 15 is 0 Å². The Morgan fingerprint density at radius 2 is 2.37 bits per heavy atom. The van der Waals surface area contributed by atoms with Crippen molar-refractivity contribution in [3.63, 3.8) is 0 Å². The number of H-pyrrole nitrogens is 1. The molecule has 102 valence electrons. The molecule has 8 heteroatoms. The van der Waals surface area contributed by atoms with Crippen LogP contribution >= 0.6 is 0 Å². The second kappa shape index (κ2) is 5.61. The van der Waals surface area contributed by atoms with Crippen molar-refractivity contribution in [1.82, 2.24) is 14.9 Å². The molecule has 8 nitrogen and oxygen atoms in total. The van der Waals surface area contributed by atoms with Crippen LogP contribution < -0.4 is 5.56 Å². The second-order valence-corrected chi connectivity index (χ2v) is 3.93. The Bertz CT molecular complexity index is 521. The smallest absolute Gasteiger partial charge is 0.336 e. The van der Waals surface area contributed by atoms with Gasteiger partial charge < -0.3 is 19.4 Å². The molecular formula is C11H13N3O5. The molecule has 2 rings (SSSR count). The van der Waals surface area contributed by atoms with Crippen LogP contribution in [-0.2, 0) is 14.3 Å². The normalized spacial score (nSPS) is 19.0. The van der Waals surface area contributed by atoms with Crippen molar-refractivity contribution in [3.8, 4) is 0 Å². The number of methoxy groups -OCH3 is 1. The lowest BCUT2D eigenvalue weighted by molar-refractivity contribution is -0.158. The molecule has 1 aromatic heterocycles. The zero-order valence-electron chi connectivity index (χ0n) is 10.3. The molecule has 2 heterocycles. The topological polar surface area (TPSA) is 102 Å². The highest BCUT2D eigenvalue weighted by Gasteiger charge is 2.30. The lowest BCUT2D eigenvalue weighted by Crippen LogP contribution is -2.49. The standard InChI is InChI=1S/C11H13N3O5/c1-18-11(17)8-6-14(2-3-19-8)10(16)7-4-13-9(15)5-12-7/h4-5,8H,2-3,6H2,1H3,(H,13,15). The van der Waals surface area contributed by atoms with Gasteiger partial charge in [0.15, 0.2) is 6.10 Å². The van der Waals surface area contributed by atoms with Gasteiger partial charge in [-0.05, 0) is 0 Å². The number of carbonyl (C=O) groups excluding carboxylic acids is 2. The molecule has 0 saturated carbocycles. The summed E-state index contributed by atoms with van der Waals surface area (Å²) in [6, 6.07) is 0. The van der Waals surface area contributed by atoms with Gasteiger partial charge >= 0.3 is 5.97 Å². The molecule has 0 aliphatic carbocycles. The summed E-state index contributed by atoms with van der Waals surface area (Å²) in [5, 5.41) is 0. The van der Waals surface area contributed by atoms with Crippen LogP contribution in [0, 0.1) is 0 Å². The summed E-state index contributed by atoms with van der Waals surface area (Å²) in [6.07, 6.45) is 1.49. The lowest BCUT2D eigenvalue weighted by Gasteiger charge is -2.31. The van der Waals surface area contributed by atoms with Crippen LogP contribution in [0.4, 0.5) is 0 Å². The number of aromatic nitrogens is 2. The van der Waals surface area contributed by atoms with Crippen LogP contribution in [0.2, 0.25) is 0 Å². The highest BCUT2D eigenvalue weighted by atomic mass is 16.6. The number of morpholine rings is 1. The van der Waals surface area contributed by atoms with Gasteiger partial charge in [-0.3, -0.25) is 9.59 Å². The minimum absolute atomic E-state index is 0.103. The van der Waals surface area contributed by atoms with E-state index in [2.05, 4.69) is 14.7 Å². The van der Waals surface area contributed by atoms with Crippen molar-refractivity contribution in [2.24, 2.45) is 0 Å². The summed E-state index contributed by atoms with van der Waals surface area (Å²) < 4.78 is 9.79. The first-order valence-electron chi connectivity index (χ1n) is 5.65. The number of esters is 1. The van der Waals surface area contributed by atoms with Gasteiger partial charge in [0.2, 0.25) is 0 Å². The molecule has 1 unspecified atom stereocenters. The predicted molar refractivity (Wildman–Crippen MR) is 62.5 cm³/mol. The van der Waals surface area contributed by atoms with E-state index in [0.717, 1.165) is 6.20 Å². The van der Waals surface area contributed by atoms with Crippen molar-refractivity contribution < 1.29 is 19.1 Å². The fourth-order valence-corrected chi connectivity index (χ4v) is 1.73. The summed E-state index contributed by atoms with van der Waals surface area (Å²) in [7, 11) is 1.26. The quantitative estimate of drug-likeness (QED) is 0.674. The van der Waals surface area contributed by atoms with Gasteiger partial charge in [-0.15, -0.1) is 0 Å². The van der Waals surface area contributed by atoms with Crippen LogP contribution in [0.15, 0.2) is 17.2 Å². The van der Waals surface area contributed by atoms with E-state index in [-0.39, 0.29) is 30.3 Å². The zero-order valence-corrected chi connectivity index (χ0v) is 10.3. The monoisotopic (exact) mass is 267 g/mol. The van der Waals surface area contributed by atoms with Crippen molar-refractivity contribution in [3.05, 3.63) is 28.4 Å². The molecule has 0 aromatic carbocycles. The van der Waals surface area contributed by atoms with Crippen molar-refractivity contribution in [2.45, 2.75) is 6.10 Å². The highest BCUT2D eigenvalue weighted by Crippen LogP contribution is 2.09. The predicted octanol–water partition coefficient (Wildman–Crippen LogP) is -1.22. The third kappa shape index (κ3) is 2.97. The number of carbonyl (C=O) groups is 2. The number of ether oxygens (including phenoxy) is 2. The number of hydrogen-bond donors (Lipinski definition) is 1. The third-order valence-electron chi connectivity index (χ3n) is 2.71. The Balaban J connectivity index is 2.08. The summed E-state index contributed by atoms with van der Waals surface area (Å²) in [5.74, 6) is -0.889. The maximum absolute atomic E-state index is 12.1. The first-order chi connectivity index (χ1) is 9.11. The minimum Gasteiger partial charge on any atom is -0.467 e. The molecule has 1 saturated heterocycles. The summed E-state index contributed by atoms with van der Waals surface area (Å²) in [4.78, 5) is 41.9. The molecule has 0 bridgehead atoms. The van der Waals surface area contributed by atoms with Gasteiger partial charge in [0.05, 0.1) is 26.5 Å². The van der Waals surface area contributed by atoms with Gasteiger partial charge in [0.1, 0.15) is 5.69 Å². The van der Waals surface area contributed by atoms with Crippen LogP contribution in [0.5, 0.6) is 0 Å². The van der Waals surface area contributed by atoms with E-state index in [1.807, 2.05) is 0 Å². The molecule has 1 amide bonds. The molecule has 0 radical (unpaired) electrons. The van der Waals surface area contributed by atoms with E-state index < -0.39 is 12.1 Å². The molecule has 1 aliphatic heterocycles. The third-order valence-corrected chi connectivity index (χ3v) is 2.71. The summed E-state index contributed by atoms with van der Waals surface area (Å²) in [6.45, 7) is 0.703. The molecule has 1 N–H and O–H groups in total. The van der Waals surface area contributed by atoms with Crippen molar-refractivity contribution >= 4 is 11.9 Å². The molecule has 1 atom stereocenters. The number of amides is 1. The lowest BCUT2D eigenvalue weighted by atomic mass is 10.2. The summed E-state index contributed by atoms with van der Waals surface area (Å²) >= 11 is 0. The van der Waals surface area contributed by atoms with E-state index in [9.17, 15) is 14.4 Å². The SMILES string of the molecule is COC(=O)C1CN(C(=O)c2c[nH]c(=O)cn2)CCO1. The average molecular weight is 267 g/mol. The van der Waals surface area contributed by atoms with Gasteiger partial charge in [0, 0.05) is 12.7 Å². The Morgan fingerprint density at radius 1 is 1.58 bits per heavy atom. The van der Waals surface area contributed by atoms with E-state index in [1.165, 1.54) is 18.2 Å². The van der Waals surface area contributed by atoms with Gasteiger partial charge in [-0.1, -0.05) is 0 Å². The van der Waals surface area contributed by atoms with E-state index in [0.29, 0.717) is 6.54 Å². The van der Waals surface area contributed by atoms with Crippen LogP contribution in [0.25, 0.3) is 0 Å². The Morgan fingerprint density at radius 3 is 3.00 bits per heavy atom. The Hall–Kier alpha value is -2.22. The van der Waals surface area contributed by atoms with Crippen LogP contribution in [0.1, 0.15) is 10.5 Å². The van der Waals surface area contributed by atoms with Crippen molar-refractivity contribution in [1.29, 1.82) is 0 Å². The fourth-order valence-electron chi connectivity index (χ4n) is 1.73. The first kappa shape index (κ1) is 13.2. The number of nitrogens with one attached hydrogen (secondary N) is 1. The largest absolute Gasteiger partial charge is 0.467 e. The number of nitrogens with zero attached hydrogens (tertiary/aromatic N) is 2. The Kier molecular flexibility index (Phi) is 3.91. The zero-order chi connectivity index (χ0) is 13.8. The minimum atomic E-state index is -0.787. The Labute approximate surface area is 108 Å². The number of aromatic amines is 1. The van der Waals surface area contributed by atoms with E-state index in [1.54, 1.807) is 0 Å². The molecule has 19 heavy (non-hydrogen) atoms. The van der Waals surface area contributed by atoms with Crippen molar-refractivity contribution in [2.75, 3.05) is 26.8 Å². The first-order valence-corrected chi connectivity index (χ1v) is 5.65. The molecule has 1 aromatic rings. The number of hydrogen-bond acceptors (Lipinski definition) is 6. The van der Waals surface area contributed by atoms with E-state index in [4.69, 9.17) is 4.74 Å². The fraction of sp³-hybridized carbons (Fsp3) is 0.455. The maximum atomic E-state index is 12.1. The van der Waals surface area contributed by atoms with Gasteiger partial charge in [-0.2, -0.15) is 0 Å². The maximum Gasteiger partial charge on any atom is 0.336 e. The molecular weight excluding hydrogens is 254 g/mol. The van der Waals surface area contributed by atoms with Gasteiger partial charge in [-0.25, -0.2) is 9.78 Å². The van der Waals surface area contributed by atoms with Crippen LogP contribution in [0.3, 0.4) is 0 Å². The number of rotatable bonds is 2. The molecule has 0 spiro atoms. The average Bonchev–Trinajstić information content (AvgIpc) is 2.46. The molecule has 1 aliphatic rings.